The first-order valence-electron chi connectivity index (χ1n) is 5.61. The fourth-order valence-electron chi connectivity index (χ4n) is 2.00. The maximum absolute atomic E-state index is 13.6. The molecular weight excluding hydrogens is 298 g/mol. The molecule has 0 bridgehead atoms. The molecule has 1 atom stereocenters. The van der Waals surface area contributed by atoms with Crippen LogP contribution >= 0.6 is 11.8 Å². The topological polar surface area (TPSA) is 37.4 Å². The van der Waals surface area contributed by atoms with Gasteiger partial charge in [-0.1, -0.05) is 11.8 Å². The van der Waals surface area contributed by atoms with Gasteiger partial charge in [-0.3, -0.25) is 9.59 Å². The van der Waals surface area contributed by atoms with E-state index in [1.165, 1.54) is 6.92 Å². The Bertz CT molecular complexity index is 567. The Labute approximate surface area is 115 Å². The lowest BCUT2D eigenvalue weighted by atomic mass is 10.2. The number of carbonyl (C=O) groups is 2. The van der Waals surface area contributed by atoms with Crippen LogP contribution in [-0.4, -0.2) is 22.8 Å². The quantitative estimate of drug-likeness (QED) is 0.622. The third kappa shape index (κ3) is 2.65. The van der Waals surface area contributed by atoms with Crippen LogP contribution in [0.2, 0.25) is 0 Å². The molecule has 108 valence electrons. The van der Waals surface area contributed by atoms with E-state index in [-0.39, 0.29) is 24.1 Å². The third-order valence-corrected chi connectivity index (χ3v) is 3.76. The summed E-state index contributed by atoms with van der Waals surface area (Å²) in [6, 6.07) is 0.0799. The van der Waals surface area contributed by atoms with Crippen LogP contribution in [0.25, 0.3) is 0 Å². The predicted octanol–water partition coefficient (Wildman–Crippen LogP) is 2.63. The summed E-state index contributed by atoms with van der Waals surface area (Å²) in [5, 5.41) is -0.749. The monoisotopic (exact) mass is 307 g/mol. The van der Waals surface area contributed by atoms with Crippen LogP contribution in [0.1, 0.15) is 13.3 Å². The molecular formula is C12H9F4NO2S. The number of hydrogen-bond acceptors (Lipinski definition) is 3. The Kier molecular flexibility index (Phi) is 4.03. The van der Waals surface area contributed by atoms with Gasteiger partial charge in [-0.2, -0.15) is 0 Å². The van der Waals surface area contributed by atoms with Crippen LogP contribution in [-0.2, 0) is 9.59 Å². The molecule has 2 rings (SSSR count). The molecule has 0 spiro atoms. The summed E-state index contributed by atoms with van der Waals surface area (Å²) in [6.45, 7) is 1.11. The van der Waals surface area contributed by atoms with Gasteiger partial charge in [0.05, 0.1) is 0 Å². The van der Waals surface area contributed by atoms with Gasteiger partial charge in [0.25, 0.3) is 0 Å². The summed E-state index contributed by atoms with van der Waals surface area (Å²) in [7, 11) is 0. The Balaban J connectivity index is 2.38. The number of thioether (sulfide) groups is 1. The molecule has 1 aliphatic heterocycles. The summed E-state index contributed by atoms with van der Waals surface area (Å²) in [5.74, 6) is -7.08. The third-order valence-electron chi connectivity index (χ3n) is 2.78. The SMILES string of the molecule is CC(=O)SC1CC(=O)N(c2c(F)c(F)cc(F)c2F)C1. The van der Waals surface area contributed by atoms with Crippen molar-refractivity contribution in [3.8, 4) is 0 Å². The zero-order chi connectivity index (χ0) is 15.0. The van der Waals surface area contributed by atoms with E-state index in [1.807, 2.05) is 0 Å². The maximum atomic E-state index is 13.6. The van der Waals surface area contributed by atoms with Crippen molar-refractivity contribution in [2.75, 3.05) is 11.4 Å². The highest BCUT2D eigenvalue weighted by Crippen LogP contribution is 2.33. The Hall–Kier alpha value is -1.57. The van der Waals surface area contributed by atoms with E-state index in [2.05, 4.69) is 0 Å². The van der Waals surface area contributed by atoms with Gasteiger partial charge in [-0.05, 0) is 0 Å². The number of carbonyl (C=O) groups excluding carboxylic acids is 2. The average molecular weight is 307 g/mol. The van der Waals surface area contributed by atoms with E-state index in [4.69, 9.17) is 0 Å². The molecule has 0 radical (unpaired) electrons. The van der Waals surface area contributed by atoms with Gasteiger partial charge in [-0.25, -0.2) is 17.6 Å². The number of halogens is 4. The number of amides is 1. The zero-order valence-electron chi connectivity index (χ0n) is 10.3. The lowest BCUT2D eigenvalue weighted by molar-refractivity contribution is -0.117. The second-order valence-electron chi connectivity index (χ2n) is 4.26. The molecule has 0 N–H and O–H groups in total. The number of anilines is 1. The molecule has 1 aromatic carbocycles. The fourth-order valence-corrected chi connectivity index (χ4v) is 2.92. The molecule has 20 heavy (non-hydrogen) atoms. The molecule has 1 aromatic rings. The zero-order valence-corrected chi connectivity index (χ0v) is 11.1. The van der Waals surface area contributed by atoms with Crippen LogP contribution in [0.5, 0.6) is 0 Å². The molecule has 1 heterocycles. The maximum Gasteiger partial charge on any atom is 0.228 e. The highest BCUT2D eigenvalue weighted by atomic mass is 32.2. The molecule has 1 fully saturated rings. The standard InChI is InChI=1S/C12H9F4NO2S/c1-5(18)20-6-2-9(19)17(4-6)12-10(15)7(13)3-8(14)11(12)16/h3,6H,2,4H2,1H3. The van der Waals surface area contributed by atoms with Crippen molar-refractivity contribution in [1.82, 2.24) is 0 Å². The number of nitrogens with zero attached hydrogens (tertiary/aromatic N) is 1. The van der Waals surface area contributed by atoms with Crippen molar-refractivity contribution in [2.24, 2.45) is 0 Å². The van der Waals surface area contributed by atoms with E-state index < -0.39 is 40.1 Å². The first-order valence-corrected chi connectivity index (χ1v) is 6.49. The van der Waals surface area contributed by atoms with Crippen LogP contribution < -0.4 is 4.90 Å². The molecule has 8 heteroatoms. The van der Waals surface area contributed by atoms with Crippen LogP contribution in [0.4, 0.5) is 23.2 Å². The Morgan fingerprint density at radius 1 is 1.25 bits per heavy atom. The molecule has 1 aliphatic rings. The van der Waals surface area contributed by atoms with Gasteiger partial charge in [0.15, 0.2) is 28.4 Å². The minimum atomic E-state index is -1.62. The summed E-state index contributed by atoms with van der Waals surface area (Å²) in [5.41, 5.74) is -1.04. The van der Waals surface area contributed by atoms with Crippen molar-refractivity contribution < 1.29 is 27.2 Å². The van der Waals surface area contributed by atoms with Gasteiger partial charge in [0.2, 0.25) is 5.91 Å². The minimum absolute atomic E-state index is 0.0799. The molecule has 1 amide bonds. The van der Waals surface area contributed by atoms with Crippen LogP contribution in [0.3, 0.4) is 0 Å². The van der Waals surface area contributed by atoms with Gasteiger partial charge < -0.3 is 4.90 Å². The first-order chi connectivity index (χ1) is 9.31. The van der Waals surface area contributed by atoms with Gasteiger partial charge in [-0.15, -0.1) is 0 Å². The highest BCUT2D eigenvalue weighted by molar-refractivity contribution is 8.14. The van der Waals surface area contributed by atoms with Crippen molar-refractivity contribution in [3.05, 3.63) is 29.3 Å². The summed E-state index contributed by atoms with van der Waals surface area (Å²) < 4.78 is 53.5. The van der Waals surface area contributed by atoms with E-state index in [1.54, 1.807) is 0 Å². The van der Waals surface area contributed by atoms with Crippen LogP contribution in [0, 0.1) is 23.3 Å². The first kappa shape index (κ1) is 14.8. The summed E-state index contributed by atoms with van der Waals surface area (Å²) in [6.07, 6.45) is -0.124. The van der Waals surface area contributed by atoms with Crippen molar-refractivity contribution in [1.29, 1.82) is 0 Å². The normalized spacial score (nSPS) is 18.8. The van der Waals surface area contributed by atoms with Gasteiger partial charge in [0, 0.05) is 31.2 Å². The molecule has 0 aromatic heterocycles. The fraction of sp³-hybridized carbons (Fsp3) is 0.333. The Morgan fingerprint density at radius 3 is 2.30 bits per heavy atom. The van der Waals surface area contributed by atoms with E-state index >= 15 is 0 Å². The number of hydrogen-bond donors (Lipinski definition) is 0. The van der Waals surface area contributed by atoms with Gasteiger partial charge >= 0.3 is 0 Å². The second-order valence-corrected chi connectivity index (χ2v) is 5.73. The van der Waals surface area contributed by atoms with E-state index in [0.29, 0.717) is 4.90 Å². The second kappa shape index (κ2) is 5.43. The van der Waals surface area contributed by atoms with E-state index in [0.717, 1.165) is 11.8 Å². The van der Waals surface area contributed by atoms with Crippen LogP contribution in [0.15, 0.2) is 6.07 Å². The number of benzene rings is 1. The van der Waals surface area contributed by atoms with Gasteiger partial charge in [0.1, 0.15) is 5.69 Å². The largest absolute Gasteiger partial charge is 0.306 e. The average Bonchev–Trinajstić information content (AvgIpc) is 2.67. The van der Waals surface area contributed by atoms with Crippen molar-refractivity contribution >= 4 is 28.5 Å². The number of rotatable bonds is 2. The summed E-state index contributed by atoms with van der Waals surface area (Å²) >= 11 is 0.851. The molecule has 1 unspecified atom stereocenters. The molecule has 1 saturated heterocycles. The smallest absolute Gasteiger partial charge is 0.228 e. The van der Waals surface area contributed by atoms with E-state index in [9.17, 15) is 27.2 Å². The van der Waals surface area contributed by atoms with Crippen molar-refractivity contribution in [2.45, 2.75) is 18.6 Å². The molecule has 3 nitrogen and oxygen atoms in total. The predicted molar refractivity (Wildman–Crippen MR) is 65.3 cm³/mol. The molecule has 0 saturated carbocycles. The summed E-state index contributed by atoms with van der Waals surface area (Å²) in [4.78, 5) is 23.3. The molecule has 0 aliphatic carbocycles. The lowest BCUT2D eigenvalue weighted by Crippen LogP contribution is -2.28. The minimum Gasteiger partial charge on any atom is -0.306 e. The highest BCUT2D eigenvalue weighted by Gasteiger charge is 2.36. The van der Waals surface area contributed by atoms with Crippen molar-refractivity contribution in [3.63, 3.8) is 0 Å². The lowest BCUT2D eigenvalue weighted by Gasteiger charge is -2.18. The Morgan fingerprint density at radius 2 is 1.80 bits per heavy atom.